The average molecular weight is 401 g/mol. The summed E-state index contributed by atoms with van der Waals surface area (Å²) in [4.78, 5) is 0. The van der Waals surface area contributed by atoms with Crippen LogP contribution in [0.2, 0.25) is 0 Å². The summed E-state index contributed by atoms with van der Waals surface area (Å²) < 4.78 is 0. The molecule has 0 spiro atoms. The van der Waals surface area contributed by atoms with Crippen molar-refractivity contribution in [3.05, 3.63) is 12.2 Å². The molecule has 0 aliphatic rings. The van der Waals surface area contributed by atoms with Crippen LogP contribution in [-0.2, 0) is 0 Å². The third-order valence-electron chi connectivity index (χ3n) is 6.23. The van der Waals surface area contributed by atoms with E-state index in [4.69, 9.17) is 0 Å². The van der Waals surface area contributed by atoms with E-state index in [1.165, 1.54) is 70.6 Å². The van der Waals surface area contributed by atoms with E-state index in [0.717, 1.165) is 19.3 Å². The highest BCUT2D eigenvalue weighted by atomic mass is 16.3. The minimum Gasteiger partial charge on any atom is -0.395 e. The highest BCUT2D eigenvalue weighted by Gasteiger charge is 2.45. The largest absolute Gasteiger partial charge is 0.395 e. The maximum atomic E-state index is 10.6. The fourth-order valence-electron chi connectivity index (χ4n) is 3.64. The molecule has 4 nitrogen and oxygen atoms in total. The minimum absolute atomic E-state index is 0.417. The second-order valence-electron chi connectivity index (χ2n) is 8.72. The lowest BCUT2D eigenvalue weighted by atomic mass is 9.72. The van der Waals surface area contributed by atoms with Gasteiger partial charge in [0.2, 0.25) is 0 Å². The van der Waals surface area contributed by atoms with Crippen molar-refractivity contribution in [3.8, 4) is 0 Å². The third-order valence-corrected chi connectivity index (χ3v) is 6.23. The lowest BCUT2D eigenvalue weighted by Crippen LogP contribution is -2.53. The Hall–Kier alpha value is -0.420. The zero-order valence-electron chi connectivity index (χ0n) is 18.7. The van der Waals surface area contributed by atoms with Gasteiger partial charge in [-0.1, -0.05) is 83.3 Å². The smallest absolute Gasteiger partial charge is 0.0741 e. The monoisotopic (exact) mass is 400 g/mol. The van der Waals surface area contributed by atoms with Gasteiger partial charge in [0.15, 0.2) is 0 Å². The Balaban J connectivity index is 3.58. The van der Waals surface area contributed by atoms with Gasteiger partial charge in [-0.25, -0.2) is 0 Å². The van der Waals surface area contributed by atoms with Crippen LogP contribution in [-0.4, -0.2) is 45.8 Å². The van der Waals surface area contributed by atoms with E-state index in [1.54, 1.807) is 6.92 Å². The zero-order valence-corrected chi connectivity index (χ0v) is 18.7. The normalized spacial score (nSPS) is 14.6. The number of hydrogen-bond acceptors (Lipinski definition) is 4. The Morgan fingerprint density at radius 1 is 0.607 bits per heavy atom. The molecule has 0 aromatic heterocycles. The van der Waals surface area contributed by atoms with Crippen molar-refractivity contribution in [2.24, 2.45) is 5.41 Å². The molecule has 168 valence electrons. The first-order chi connectivity index (χ1) is 13.5. The van der Waals surface area contributed by atoms with Crippen LogP contribution in [0.4, 0.5) is 0 Å². The van der Waals surface area contributed by atoms with Crippen LogP contribution in [0.3, 0.4) is 0 Å². The molecule has 1 unspecified atom stereocenters. The second-order valence-corrected chi connectivity index (χ2v) is 8.72. The number of aliphatic hydroxyl groups excluding tert-OH is 3. The van der Waals surface area contributed by atoms with E-state index >= 15 is 0 Å². The summed E-state index contributed by atoms with van der Waals surface area (Å²) in [5.41, 5.74) is -2.49. The molecule has 0 fully saturated rings. The van der Waals surface area contributed by atoms with Gasteiger partial charge in [-0.15, -0.1) is 0 Å². The SMILES string of the molecule is CCCCCCCC/C=C\CCCCCCCCC(C)(O)C(CO)(CO)CO. The predicted octanol–water partition coefficient (Wildman–Crippen LogP) is 5.13. The van der Waals surface area contributed by atoms with Crippen molar-refractivity contribution in [2.75, 3.05) is 19.8 Å². The molecule has 0 radical (unpaired) electrons. The molecule has 28 heavy (non-hydrogen) atoms. The molecule has 0 heterocycles. The first kappa shape index (κ1) is 27.6. The quantitative estimate of drug-likeness (QED) is 0.169. The van der Waals surface area contributed by atoms with Gasteiger partial charge in [-0.3, -0.25) is 0 Å². The molecule has 4 N–H and O–H groups in total. The molecule has 0 aromatic rings. The van der Waals surface area contributed by atoms with Gasteiger partial charge in [0.25, 0.3) is 0 Å². The first-order valence-electron chi connectivity index (χ1n) is 11.7. The van der Waals surface area contributed by atoms with Gasteiger partial charge in [0.1, 0.15) is 0 Å². The highest BCUT2D eigenvalue weighted by molar-refractivity contribution is 4.95. The summed E-state index contributed by atoms with van der Waals surface area (Å²) in [7, 11) is 0. The van der Waals surface area contributed by atoms with E-state index in [9.17, 15) is 20.4 Å². The van der Waals surface area contributed by atoms with Gasteiger partial charge in [0, 0.05) is 0 Å². The van der Waals surface area contributed by atoms with Gasteiger partial charge in [-0.2, -0.15) is 0 Å². The standard InChI is InChI=1S/C24H48O4/c1-3-4-5-6-7-8-9-10-11-12-13-14-15-16-17-18-19-23(2,28)24(20-25,21-26)22-27/h10-11,25-28H,3-9,12-22H2,1-2H3/b11-10-. The molecular formula is C24H48O4. The Morgan fingerprint density at radius 2 is 1.00 bits per heavy atom. The Labute approximate surface area is 174 Å². The van der Waals surface area contributed by atoms with Crippen molar-refractivity contribution in [3.63, 3.8) is 0 Å². The molecule has 0 aliphatic carbocycles. The Bertz CT molecular complexity index is 353. The van der Waals surface area contributed by atoms with E-state index in [1.807, 2.05) is 0 Å². The molecule has 0 saturated carbocycles. The second kappa shape index (κ2) is 17.4. The first-order valence-corrected chi connectivity index (χ1v) is 11.7. The lowest BCUT2D eigenvalue weighted by molar-refractivity contribution is -0.147. The predicted molar refractivity (Wildman–Crippen MR) is 118 cm³/mol. The number of hydrogen-bond donors (Lipinski definition) is 4. The minimum atomic E-state index is -1.26. The molecule has 0 aromatic carbocycles. The molecule has 4 heteroatoms. The lowest BCUT2D eigenvalue weighted by Gasteiger charge is -2.41. The van der Waals surface area contributed by atoms with Crippen LogP contribution in [0.1, 0.15) is 110 Å². The van der Waals surface area contributed by atoms with Crippen LogP contribution < -0.4 is 0 Å². The van der Waals surface area contributed by atoms with E-state index < -0.39 is 30.8 Å². The fourth-order valence-corrected chi connectivity index (χ4v) is 3.64. The molecule has 0 amide bonds. The summed E-state index contributed by atoms with van der Waals surface area (Å²) in [6.45, 7) is 2.61. The van der Waals surface area contributed by atoms with Crippen LogP contribution in [0.25, 0.3) is 0 Å². The van der Waals surface area contributed by atoms with Crippen molar-refractivity contribution < 1.29 is 20.4 Å². The molecule has 0 bridgehead atoms. The van der Waals surface area contributed by atoms with Crippen LogP contribution in [0, 0.1) is 5.41 Å². The molecule has 0 rings (SSSR count). The summed E-state index contributed by atoms with van der Waals surface area (Å²) in [6, 6.07) is 0. The van der Waals surface area contributed by atoms with Gasteiger partial charge in [-0.05, 0) is 39.0 Å². The van der Waals surface area contributed by atoms with E-state index in [2.05, 4.69) is 19.1 Å². The van der Waals surface area contributed by atoms with Crippen molar-refractivity contribution in [1.82, 2.24) is 0 Å². The topological polar surface area (TPSA) is 80.9 Å². The highest BCUT2D eigenvalue weighted by Crippen LogP contribution is 2.34. The zero-order chi connectivity index (χ0) is 21.1. The van der Waals surface area contributed by atoms with Gasteiger partial charge < -0.3 is 20.4 Å². The summed E-state index contributed by atoms with van der Waals surface area (Å²) >= 11 is 0. The van der Waals surface area contributed by atoms with E-state index in [-0.39, 0.29) is 0 Å². The van der Waals surface area contributed by atoms with Crippen molar-refractivity contribution >= 4 is 0 Å². The Kier molecular flexibility index (Phi) is 17.2. The average Bonchev–Trinajstić information content (AvgIpc) is 2.69. The summed E-state index contributed by atoms with van der Waals surface area (Å²) in [5.74, 6) is 0. The number of rotatable bonds is 20. The number of aliphatic hydroxyl groups is 4. The number of unbranched alkanes of at least 4 members (excludes halogenated alkanes) is 12. The molecular weight excluding hydrogens is 352 g/mol. The van der Waals surface area contributed by atoms with Crippen LogP contribution in [0.15, 0.2) is 12.2 Å². The van der Waals surface area contributed by atoms with Crippen molar-refractivity contribution in [1.29, 1.82) is 0 Å². The fraction of sp³-hybridized carbons (Fsp3) is 0.917. The summed E-state index contributed by atoms with van der Waals surface area (Å²) in [6.07, 6.45) is 22.4. The molecule has 0 saturated heterocycles. The Morgan fingerprint density at radius 3 is 1.43 bits per heavy atom. The molecule has 0 aliphatic heterocycles. The number of allylic oxidation sites excluding steroid dienone is 2. The maximum absolute atomic E-state index is 10.6. The van der Waals surface area contributed by atoms with Gasteiger partial charge >= 0.3 is 0 Å². The maximum Gasteiger partial charge on any atom is 0.0741 e. The van der Waals surface area contributed by atoms with Crippen molar-refractivity contribution in [2.45, 2.75) is 116 Å². The van der Waals surface area contributed by atoms with Gasteiger partial charge in [0.05, 0.1) is 30.8 Å². The molecule has 1 atom stereocenters. The van der Waals surface area contributed by atoms with E-state index in [0.29, 0.717) is 6.42 Å². The van der Waals surface area contributed by atoms with Crippen LogP contribution >= 0.6 is 0 Å². The van der Waals surface area contributed by atoms with Crippen LogP contribution in [0.5, 0.6) is 0 Å². The third kappa shape index (κ3) is 11.5. The summed E-state index contributed by atoms with van der Waals surface area (Å²) in [5, 5.41) is 38.9.